The van der Waals surface area contributed by atoms with E-state index in [2.05, 4.69) is 5.32 Å². The van der Waals surface area contributed by atoms with Crippen LogP contribution in [0.15, 0.2) is 30.3 Å². The van der Waals surface area contributed by atoms with Crippen LogP contribution in [0.25, 0.3) is 0 Å². The van der Waals surface area contributed by atoms with Gasteiger partial charge in [0.25, 0.3) is 0 Å². The lowest BCUT2D eigenvalue weighted by molar-refractivity contribution is -0.137. The molecule has 1 unspecified atom stereocenters. The van der Waals surface area contributed by atoms with Crippen LogP contribution in [0.5, 0.6) is 0 Å². The summed E-state index contributed by atoms with van der Waals surface area (Å²) >= 11 is 0. The second-order valence-corrected chi connectivity index (χ2v) is 8.93. The fraction of sp³-hybridized carbons (Fsp3) is 0.609. The minimum absolute atomic E-state index is 0.157. The van der Waals surface area contributed by atoms with Crippen molar-refractivity contribution in [3.8, 4) is 0 Å². The van der Waals surface area contributed by atoms with Crippen molar-refractivity contribution in [3.05, 3.63) is 35.9 Å². The van der Waals surface area contributed by atoms with Gasteiger partial charge in [0, 0.05) is 13.0 Å². The number of carbonyl (C=O) groups is 3. The van der Waals surface area contributed by atoms with Gasteiger partial charge in [-0.1, -0.05) is 43.2 Å². The number of carboxylic acids is 1. The van der Waals surface area contributed by atoms with Gasteiger partial charge in [0.2, 0.25) is 0 Å². The summed E-state index contributed by atoms with van der Waals surface area (Å²) in [7, 11) is 0. The van der Waals surface area contributed by atoms with Crippen LogP contribution in [0.2, 0.25) is 0 Å². The van der Waals surface area contributed by atoms with Crippen LogP contribution < -0.4 is 5.32 Å². The monoisotopic (exact) mass is 434 g/mol. The molecule has 172 valence electrons. The van der Waals surface area contributed by atoms with E-state index in [0.717, 1.165) is 24.8 Å². The molecular weight excluding hydrogens is 400 g/mol. The Kier molecular flexibility index (Phi) is 9.15. The molecule has 2 amide bonds. The van der Waals surface area contributed by atoms with Gasteiger partial charge in [-0.3, -0.25) is 9.69 Å². The average molecular weight is 435 g/mol. The lowest BCUT2D eigenvalue weighted by atomic mass is 9.89. The molecule has 31 heavy (non-hydrogen) atoms. The van der Waals surface area contributed by atoms with Gasteiger partial charge in [-0.2, -0.15) is 0 Å². The van der Waals surface area contributed by atoms with E-state index in [4.69, 9.17) is 14.6 Å². The third-order valence-electron chi connectivity index (χ3n) is 5.09. The SMILES string of the molecule is CC(C)(C)OC(=O)N[C@@H]1CC(CCCCC(=O)O)CCN1C(=O)OCc1ccccc1. The highest BCUT2D eigenvalue weighted by molar-refractivity contribution is 5.71. The van der Waals surface area contributed by atoms with E-state index in [1.54, 1.807) is 25.7 Å². The molecule has 1 aliphatic rings. The second kappa shape index (κ2) is 11.6. The molecule has 1 fully saturated rings. The van der Waals surface area contributed by atoms with Crippen LogP contribution in [-0.4, -0.2) is 46.5 Å². The minimum Gasteiger partial charge on any atom is -0.481 e. The molecule has 0 bridgehead atoms. The summed E-state index contributed by atoms with van der Waals surface area (Å²) in [6.45, 7) is 5.96. The summed E-state index contributed by atoms with van der Waals surface area (Å²) < 4.78 is 10.8. The number of likely N-dealkylation sites (tertiary alicyclic amines) is 1. The average Bonchev–Trinajstić information content (AvgIpc) is 2.69. The molecule has 1 heterocycles. The molecule has 1 saturated heterocycles. The number of nitrogens with one attached hydrogen (secondary N) is 1. The predicted octanol–water partition coefficient (Wildman–Crippen LogP) is 4.53. The summed E-state index contributed by atoms with van der Waals surface area (Å²) in [5.41, 5.74) is 0.244. The number of aliphatic carboxylic acids is 1. The van der Waals surface area contributed by atoms with E-state index in [1.807, 2.05) is 30.3 Å². The van der Waals surface area contributed by atoms with Gasteiger partial charge < -0.3 is 19.9 Å². The molecule has 2 N–H and O–H groups in total. The molecule has 0 radical (unpaired) electrons. The number of alkyl carbamates (subject to hydrolysis) is 1. The van der Waals surface area contributed by atoms with Crippen LogP contribution >= 0.6 is 0 Å². The van der Waals surface area contributed by atoms with Crippen molar-refractivity contribution in [3.63, 3.8) is 0 Å². The number of carboxylic acid groups (broad SMARTS) is 1. The van der Waals surface area contributed by atoms with E-state index in [0.29, 0.717) is 19.4 Å². The van der Waals surface area contributed by atoms with Crippen LogP contribution in [-0.2, 0) is 20.9 Å². The quantitative estimate of drug-likeness (QED) is 0.583. The topological polar surface area (TPSA) is 105 Å². The molecule has 1 aliphatic heterocycles. The highest BCUT2D eigenvalue weighted by Gasteiger charge is 2.34. The zero-order valence-electron chi connectivity index (χ0n) is 18.6. The van der Waals surface area contributed by atoms with Crippen LogP contribution in [0.1, 0.15) is 64.9 Å². The maximum atomic E-state index is 12.7. The number of carbonyl (C=O) groups excluding carboxylic acids is 2. The van der Waals surface area contributed by atoms with Crippen LogP contribution in [0, 0.1) is 5.92 Å². The largest absolute Gasteiger partial charge is 0.481 e. The molecular formula is C23H34N2O6. The van der Waals surface area contributed by atoms with Crippen molar-refractivity contribution >= 4 is 18.2 Å². The Morgan fingerprint density at radius 3 is 2.52 bits per heavy atom. The lowest BCUT2D eigenvalue weighted by Gasteiger charge is -2.39. The van der Waals surface area contributed by atoms with Gasteiger partial charge in [0.05, 0.1) is 0 Å². The van der Waals surface area contributed by atoms with E-state index < -0.39 is 29.9 Å². The summed E-state index contributed by atoms with van der Waals surface area (Å²) in [5.74, 6) is -0.507. The maximum absolute atomic E-state index is 12.7. The smallest absolute Gasteiger partial charge is 0.411 e. The summed E-state index contributed by atoms with van der Waals surface area (Å²) in [6.07, 6.45) is 2.20. The van der Waals surface area contributed by atoms with E-state index in [9.17, 15) is 14.4 Å². The van der Waals surface area contributed by atoms with Gasteiger partial charge in [-0.05, 0) is 51.5 Å². The van der Waals surface area contributed by atoms with Crippen molar-refractivity contribution in [1.82, 2.24) is 10.2 Å². The standard InChI is InChI=1S/C23H34N2O6/c1-23(2,3)31-21(28)24-19-15-17(9-7-8-12-20(26)27)13-14-25(19)22(29)30-16-18-10-5-4-6-11-18/h4-6,10-11,17,19H,7-9,12-16H2,1-3H3,(H,24,28)(H,26,27)/t17?,19-/m0/s1. The Bertz CT molecular complexity index is 731. The molecule has 8 nitrogen and oxygen atoms in total. The Labute approximate surface area is 183 Å². The zero-order valence-corrected chi connectivity index (χ0v) is 18.6. The van der Waals surface area contributed by atoms with Crippen LogP contribution in [0.3, 0.4) is 0 Å². The molecule has 1 aromatic rings. The summed E-state index contributed by atoms with van der Waals surface area (Å²) in [5, 5.41) is 11.6. The van der Waals surface area contributed by atoms with E-state index in [1.165, 1.54) is 0 Å². The first-order valence-corrected chi connectivity index (χ1v) is 10.8. The predicted molar refractivity (Wildman–Crippen MR) is 115 cm³/mol. The molecule has 0 saturated carbocycles. The lowest BCUT2D eigenvalue weighted by Crippen LogP contribution is -2.55. The number of amides is 2. The Morgan fingerprint density at radius 1 is 1.16 bits per heavy atom. The number of unbranched alkanes of at least 4 members (excludes halogenated alkanes) is 1. The molecule has 8 heteroatoms. The summed E-state index contributed by atoms with van der Waals surface area (Å²) in [6, 6.07) is 9.42. The Hall–Kier alpha value is -2.77. The summed E-state index contributed by atoms with van der Waals surface area (Å²) in [4.78, 5) is 37.3. The molecule has 0 spiro atoms. The molecule has 0 aliphatic carbocycles. The van der Waals surface area contributed by atoms with E-state index in [-0.39, 0.29) is 18.9 Å². The first-order valence-electron chi connectivity index (χ1n) is 10.8. The van der Waals surface area contributed by atoms with Crippen molar-refractivity contribution in [2.24, 2.45) is 5.92 Å². The number of rotatable bonds is 8. The van der Waals surface area contributed by atoms with Crippen molar-refractivity contribution < 1.29 is 29.0 Å². The van der Waals surface area contributed by atoms with Crippen molar-refractivity contribution in [1.29, 1.82) is 0 Å². The fourth-order valence-corrected chi connectivity index (χ4v) is 3.61. The third-order valence-corrected chi connectivity index (χ3v) is 5.09. The first-order chi connectivity index (χ1) is 14.6. The van der Waals surface area contributed by atoms with Crippen LogP contribution in [0.4, 0.5) is 9.59 Å². The minimum atomic E-state index is -0.791. The molecule has 0 aromatic heterocycles. The Morgan fingerprint density at radius 2 is 1.87 bits per heavy atom. The van der Waals surface area contributed by atoms with Crippen molar-refractivity contribution in [2.75, 3.05) is 6.54 Å². The number of nitrogens with zero attached hydrogens (tertiary/aromatic N) is 1. The second-order valence-electron chi connectivity index (χ2n) is 8.93. The number of hydrogen-bond donors (Lipinski definition) is 2. The molecule has 2 rings (SSSR count). The fourth-order valence-electron chi connectivity index (χ4n) is 3.61. The van der Waals surface area contributed by atoms with Gasteiger partial charge >= 0.3 is 18.2 Å². The first kappa shape index (κ1) is 24.5. The normalized spacial score (nSPS) is 18.9. The van der Waals surface area contributed by atoms with Gasteiger partial charge in [-0.15, -0.1) is 0 Å². The number of hydrogen-bond acceptors (Lipinski definition) is 5. The highest BCUT2D eigenvalue weighted by atomic mass is 16.6. The van der Waals surface area contributed by atoms with Gasteiger partial charge in [0.1, 0.15) is 18.4 Å². The van der Waals surface area contributed by atoms with Gasteiger partial charge in [0.15, 0.2) is 0 Å². The number of piperidine rings is 1. The number of ether oxygens (including phenoxy) is 2. The third kappa shape index (κ3) is 9.27. The zero-order chi connectivity index (χ0) is 22.9. The molecule has 2 atom stereocenters. The van der Waals surface area contributed by atoms with E-state index >= 15 is 0 Å². The molecule has 1 aromatic carbocycles. The maximum Gasteiger partial charge on any atom is 0.411 e. The van der Waals surface area contributed by atoms with Gasteiger partial charge in [-0.25, -0.2) is 9.59 Å². The Balaban J connectivity index is 1.96. The highest BCUT2D eigenvalue weighted by Crippen LogP contribution is 2.27. The van der Waals surface area contributed by atoms with Crippen molar-refractivity contribution in [2.45, 2.75) is 77.7 Å². The number of benzene rings is 1.